The average Bonchev–Trinajstić information content (AvgIpc) is 2.37. The molecule has 0 saturated heterocycles. The number of carbonyl (C=O) groups excluding carboxylic acids is 2. The van der Waals surface area contributed by atoms with E-state index in [9.17, 15) is 14.4 Å². The van der Waals surface area contributed by atoms with Gasteiger partial charge in [0.25, 0.3) is 0 Å². The van der Waals surface area contributed by atoms with Crippen molar-refractivity contribution in [3.63, 3.8) is 0 Å². The molecule has 19 heavy (non-hydrogen) atoms. The normalized spacial score (nSPS) is 22.7. The zero-order valence-electron chi connectivity index (χ0n) is 11.8. The van der Waals surface area contributed by atoms with Crippen LogP contribution >= 0.6 is 0 Å². The lowest BCUT2D eigenvalue weighted by Crippen LogP contribution is -2.44. The van der Waals surface area contributed by atoms with Gasteiger partial charge in [-0.05, 0) is 12.8 Å². The molecule has 2 unspecified atom stereocenters. The van der Waals surface area contributed by atoms with Gasteiger partial charge in [-0.25, -0.2) is 0 Å². The molecule has 0 aliphatic heterocycles. The fourth-order valence-corrected chi connectivity index (χ4v) is 2.43. The molecule has 6 nitrogen and oxygen atoms in total. The maximum absolute atomic E-state index is 12.3. The van der Waals surface area contributed by atoms with E-state index in [-0.39, 0.29) is 18.4 Å². The van der Waals surface area contributed by atoms with Gasteiger partial charge in [0.15, 0.2) is 0 Å². The van der Waals surface area contributed by atoms with Crippen molar-refractivity contribution in [2.45, 2.75) is 25.7 Å². The van der Waals surface area contributed by atoms with E-state index in [0.29, 0.717) is 12.8 Å². The van der Waals surface area contributed by atoms with E-state index >= 15 is 0 Å². The number of carbonyl (C=O) groups is 3. The van der Waals surface area contributed by atoms with Crippen molar-refractivity contribution >= 4 is 17.8 Å². The SMILES string of the molecule is CN(C)C(=O)CN(C)C(=O)C1CCCCC1C(=O)O. The summed E-state index contributed by atoms with van der Waals surface area (Å²) in [5, 5.41) is 9.16. The molecule has 1 aliphatic rings. The number of amides is 2. The second-order valence-corrected chi connectivity index (χ2v) is 5.32. The quantitative estimate of drug-likeness (QED) is 0.803. The van der Waals surface area contributed by atoms with E-state index in [2.05, 4.69) is 0 Å². The van der Waals surface area contributed by atoms with Gasteiger partial charge in [-0.3, -0.25) is 14.4 Å². The minimum Gasteiger partial charge on any atom is -0.481 e. The minimum absolute atomic E-state index is 0.00529. The maximum Gasteiger partial charge on any atom is 0.307 e. The van der Waals surface area contributed by atoms with Crippen molar-refractivity contribution in [1.29, 1.82) is 0 Å². The summed E-state index contributed by atoms with van der Waals surface area (Å²) in [6, 6.07) is 0. The van der Waals surface area contributed by atoms with E-state index in [0.717, 1.165) is 12.8 Å². The average molecular weight is 270 g/mol. The van der Waals surface area contributed by atoms with Gasteiger partial charge in [0, 0.05) is 21.1 Å². The molecular weight excluding hydrogens is 248 g/mol. The van der Waals surface area contributed by atoms with Gasteiger partial charge < -0.3 is 14.9 Å². The lowest BCUT2D eigenvalue weighted by molar-refractivity contribution is -0.152. The summed E-state index contributed by atoms with van der Waals surface area (Å²) in [7, 11) is 4.81. The van der Waals surface area contributed by atoms with Gasteiger partial charge in [-0.1, -0.05) is 12.8 Å². The maximum atomic E-state index is 12.3. The first-order valence-corrected chi connectivity index (χ1v) is 6.52. The lowest BCUT2D eigenvalue weighted by atomic mass is 9.78. The first kappa shape index (κ1) is 15.5. The number of carboxylic acid groups (broad SMARTS) is 1. The Bertz CT molecular complexity index is 368. The molecule has 0 bridgehead atoms. The van der Waals surface area contributed by atoms with Crippen molar-refractivity contribution in [2.75, 3.05) is 27.7 Å². The fourth-order valence-electron chi connectivity index (χ4n) is 2.43. The lowest BCUT2D eigenvalue weighted by Gasteiger charge is -2.31. The summed E-state index contributed by atoms with van der Waals surface area (Å²) < 4.78 is 0. The van der Waals surface area contributed by atoms with Crippen LogP contribution in [0.4, 0.5) is 0 Å². The Morgan fingerprint density at radius 3 is 2.05 bits per heavy atom. The van der Waals surface area contributed by atoms with E-state index in [1.54, 1.807) is 21.1 Å². The second-order valence-electron chi connectivity index (χ2n) is 5.32. The summed E-state index contributed by atoms with van der Waals surface area (Å²) in [6.45, 7) is -0.00529. The van der Waals surface area contributed by atoms with Crippen LogP contribution in [0.15, 0.2) is 0 Å². The van der Waals surface area contributed by atoms with Gasteiger partial charge >= 0.3 is 5.97 Å². The van der Waals surface area contributed by atoms with E-state index in [1.807, 2.05) is 0 Å². The Labute approximate surface area is 113 Å². The molecule has 0 spiro atoms. The summed E-state index contributed by atoms with van der Waals surface area (Å²) in [5.41, 5.74) is 0. The van der Waals surface area contributed by atoms with Crippen molar-refractivity contribution < 1.29 is 19.5 Å². The molecule has 0 aromatic carbocycles. The highest BCUT2D eigenvalue weighted by Gasteiger charge is 2.37. The summed E-state index contributed by atoms with van der Waals surface area (Å²) in [4.78, 5) is 37.8. The summed E-state index contributed by atoms with van der Waals surface area (Å²) >= 11 is 0. The van der Waals surface area contributed by atoms with Crippen molar-refractivity contribution in [1.82, 2.24) is 9.80 Å². The van der Waals surface area contributed by atoms with E-state index in [1.165, 1.54) is 9.80 Å². The third-order valence-corrected chi connectivity index (χ3v) is 3.65. The zero-order chi connectivity index (χ0) is 14.6. The molecule has 0 aromatic heterocycles. The third kappa shape index (κ3) is 3.94. The Hall–Kier alpha value is -1.59. The first-order chi connectivity index (χ1) is 8.84. The van der Waals surface area contributed by atoms with E-state index in [4.69, 9.17) is 5.11 Å². The van der Waals surface area contributed by atoms with Crippen LogP contribution in [0.3, 0.4) is 0 Å². The molecule has 1 saturated carbocycles. The van der Waals surface area contributed by atoms with E-state index < -0.39 is 17.8 Å². The molecule has 108 valence electrons. The van der Waals surface area contributed by atoms with Gasteiger partial charge in [-0.15, -0.1) is 0 Å². The van der Waals surface area contributed by atoms with Crippen LogP contribution in [0.2, 0.25) is 0 Å². The molecule has 1 aliphatic carbocycles. The minimum atomic E-state index is -0.912. The van der Waals surface area contributed by atoms with Crippen LogP contribution in [-0.4, -0.2) is 60.4 Å². The largest absolute Gasteiger partial charge is 0.481 e. The second kappa shape index (κ2) is 6.54. The number of carboxylic acids is 1. The number of rotatable bonds is 4. The molecular formula is C13H22N2O4. The first-order valence-electron chi connectivity index (χ1n) is 6.52. The predicted molar refractivity (Wildman–Crippen MR) is 69.4 cm³/mol. The van der Waals surface area contributed by atoms with Gasteiger partial charge in [0.2, 0.25) is 11.8 Å². The highest BCUT2D eigenvalue weighted by molar-refractivity contribution is 5.88. The molecule has 1 rings (SSSR count). The van der Waals surface area contributed by atoms with Crippen LogP contribution < -0.4 is 0 Å². The van der Waals surface area contributed by atoms with Crippen molar-refractivity contribution in [3.05, 3.63) is 0 Å². The van der Waals surface area contributed by atoms with Gasteiger partial charge in [0.05, 0.1) is 18.4 Å². The Morgan fingerprint density at radius 2 is 1.58 bits per heavy atom. The zero-order valence-corrected chi connectivity index (χ0v) is 11.8. The monoisotopic (exact) mass is 270 g/mol. The molecule has 0 heterocycles. The number of nitrogens with zero attached hydrogens (tertiary/aromatic N) is 2. The smallest absolute Gasteiger partial charge is 0.307 e. The molecule has 2 amide bonds. The molecule has 6 heteroatoms. The number of likely N-dealkylation sites (N-methyl/N-ethyl adjacent to an activating group) is 2. The number of aliphatic carboxylic acids is 1. The Morgan fingerprint density at radius 1 is 1.05 bits per heavy atom. The van der Waals surface area contributed by atoms with Crippen LogP contribution in [0.5, 0.6) is 0 Å². The van der Waals surface area contributed by atoms with Crippen LogP contribution in [0.25, 0.3) is 0 Å². The highest BCUT2D eigenvalue weighted by Crippen LogP contribution is 2.31. The predicted octanol–water partition coefficient (Wildman–Crippen LogP) is 0.424. The van der Waals surface area contributed by atoms with Gasteiger partial charge in [0.1, 0.15) is 0 Å². The summed E-state index contributed by atoms with van der Waals surface area (Å²) in [5.74, 6) is -2.42. The Balaban J connectivity index is 2.68. The highest BCUT2D eigenvalue weighted by atomic mass is 16.4. The number of hydrogen-bond acceptors (Lipinski definition) is 3. The van der Waals surface area contributed by atoms with Crippen molar-refractivity contribution in [3.8, 4) is 0 Å². The molecule has 1 fully saturated rings. The Kier molecular flexibility index (Phi) is 5.32. The van der Waals surface area contributed by atoms with Crippen LogP contribution in [0, 0.1) is 11.8 Å². The topological polar surface area (TPSA) is 77.9 Å². The fraction of sp³-hybridized carbons (Fsp3) is 0.769. The van der Waals surface area contributed by atoms with Gasteiger partial charge in [-0.2, -0.15) is 0 Å². The molecule has 0 radical (unpaired) electrons. The molecule has 0 aromatic rings. The number of hydrogen-bond donors (Lipinski definition) is 1. The summed E-state index contributed by atoms with van der Waals surface area (Å²) in [6.07, 6.45) is 2.86. The third-order valence-electron chi connectivity index (χ3n) is 3.65. The molecule has 2 atom stereocenters. The standard InChI is InChI=1S/C13H22N2O4/c1-14(2)11(16)8-15(3)12(17)9-6-4-5-7-10(9)13(18)19/h9-10H,4-8H2,1-3H3,(H,18,19). The van der Waals surface area contributed by atoms with Crippen molar-refractivity contribution in [2.24, 2.45) is 11.8 Å². The molecule has 1 N–H and O–H groups in total. The van der Waals surface area contributed by atoms with Crippen LogP contribution in [-0.2, 0) is 14.4 Å². The van der Waals surface area contributed by atoms with Crippen LogP contribution in [0.1, 0.15) is 25.7 Å².